The van der Waals surface area contributed by atoms with Crippen LogP contribution in [-0.2, 0) is 0 Å². The number of hydrogen-bond acceptors (Lipinski definition) is 3. The second kappa shape index (κ2) is 7.81. The maximum Gasteiger partial charge on any atom is 0.118 e. The lowest BCUT2D eigenvalue weighted by Gasteiger charge is -2.23. The zero-order valence-electron chi connectivity index (χ0n) is 12.6. The Morgan fingerprint density at radius 3 is 2.24 bits per heavy atom. The molecule has 1 unspecified atom stereocenters. The third-order valence-electron chi connectivity index (χ3n) is 3.69. The molecule has 112 valence electrons. The first-order chi connectivity index (χ1) is 10.2. The molecule has 21 heavy (non-hydrogen) atoms. The van der Waals surface area contributed by atoms with Gasteiger partial charge in [-0.15, -0.1) is 0 Å². The summed E-state index contributed by atoms with van der Waals surface area (Å²) in [5.41, 5.74) is 2.40. The fraction of sp³-hybridized carbons (Fsp3) is 0.333. The van der Waals surface area contributed by atoms with E-state index in [9.17, 15) is 5.11 Å². The van der Waals surface area contributed by atoms with E-state index < -0.39 is 0 Å². The number of nitrogens with one attached hydrogen (secondary N) is 1. The van der Waals surface area contributed by atoms with Crippen LogP contribution in [0.15, 0.2) is 54.6 Å². The van der Waals surface area contributed by atoms with Crippen molar-refractivity contribution in [1.29, 1.82) is 0 Å². The third-order valence-corrected chi connectivity index (χ3v) is 3.69. The molecule has 0 heterocycles. The van der Waals surface area contributed by atoms with Crippen molar-refractivity contribution in [2.75, 3.05) is 13.7 Å². The van der Waals surface area contributed by atoms with E-state index in [0.29, 0.717) is 6.42 Å². The van der Waals surface area contributed by atoms with Gasteiger partial charge >= 0.3 is 0 Å². The predicted octanol–water partition coefficient (Wildman–Crippen LogP) is 3.47. The number of ether oxygens (including phenoxy) is 1. The van der Waals surface area contributed by atoms with Crippen molar-refractivity contribution < 1.29 is 9.84 Å². The Labute approximate surface area is 126 Å². The highest BCUT2D eigenvalue weighted by Gasteiger charge is 2.14. The van der Waals surface area contributed by atoms with E-state index in [2.05, 4.69) is 36.5 Å². The molecule has 2 atom stereocenters. The molecule has 0 aliphatic carbocycles. The summed E-state index contributed by atoms with van der Waals surface area (Å²) < 4.78 is 5.18. The van der Waals surface area contributed by atoms with Crippen LogP contribution < -0.4 is 10.1 Å². The molecule has 2 rings (SSSR count). The molecule has 3 heteroatoms. The SMILES string of the molecule is COc1ccc(C(C)N[C@H](CCO)c2ccccc2)cc1. The van der Waals surface area contributed by atoms with Gasteiger partial charge in [0.2, 0.25) is 0 Å². The molecule has 0 bridgehead atoms. The summed E-state index contributed by atoms with van der Waals surface area (Å²) in [6, 6.07) is 18.7. The van der Waals surface area contributed by atoms with Gasteiger partial charge < -0.3 is 15.2 Å². The average Bonchev–Trinajstić information content (AvgIpc) is 2.55. The number of aliphatic hydroxyl groups excluding tert-OH is 1. The number of methoxy groups -OCH3 is 1. The van der Waals surface area contributed by atoms with Crippen LogP contribution in [0, 0.1) is 0 Å². The first-order valence-electron chi connectivity index (χ1n) is 7.30. The largest absolute Gasteiger partial charge is 0.497 e. The first-order valence-corrected chi connectivity index (χ1v) is 7.30. The van der Waals surface area contributed by atoms with Gasteiger partial charge in [0, 0.05) is 18.7 Å². The monoisotopic (exact) mass is 285 g/mol. The Morgan fingerprint density at radius 1 is 1.00 bits per heavy atom. The van der Waals surface area contributed by atoms with Crippen LogP contribution >= 0.6 is 0 Å². The van der Waals surface area contributed by atoms with Crippen molar-refractivity contribution in [3.63, 3.8) is 0 Å². The molecule has 2 aromatic carbocycles. The molecule has 2 N–H and O–H groups in total. The molecule has 3 nitrogen and oxygen atoms in total. The lowest BCUT2D eigenvalue weighted by molar-refractivity contribution is 0.260. The highest BCUT2D eigenvalue weighted by atomic mass is 16.5. The first kappa shape index (κ1) is 15.5. The molecule has 0 aliphatic heterocycles. The number of benzene rings is 2. The van der Waals surface area contributed by atoms with Gasteiger partial charge in [-0.05, 0) is 36.6 Å². The highest BCUT2D eigenvalue weighted by Crippen LogP contribution is 2.23. The molecule has 0 amide bonds. The van der Waals surface area contributed by atoms with E-state index in [1.165, 1.54) is 11.1 Å². The van der Waals surface area contributed by atoms with Crippen LogP contribution in [0.1, 0.15) is 36.6 Å². The van der Waals surface area contributed by atoms with E-state index >= 15 is 0 Å². The number of rotatable bonds is 7. The van der Waals surface area contributed by atoms with Gasteiger partial charge in [-0.2, -0.15) is 0 Å². The molecular weight excluding hydrogens is 262 g/mol. The summed E-state index contributed by atoms with van der Waals surface area (Å²) >= 11 is 0. The van der Waals surface area contributed by atoms with Crippen LogP contribution in [0.3, 0.4) is 0 Å². The molecule has 0 fully saturated rings. The summed E-state index contributed by atoms with van der Waals surface area (Å²) in [7, 11) is 1.67. The Hall–Kier alpha value is -1.84. The molecule has 0 radical (unpaired) electrons. The molecule has 0 aliphatic rings. The van der Waals surface area contributed by atoms with Crippen molar-refractivity contribution in [2.45, 2.75) is 25.4 Å². The van der Waals surface area contributed by atoms with Crippen LogP contribution in [0.2, 0.25) is 0 Å². The van der Waals surface area contributed by atoms with E-state index in [-0.39, 0.29) is 18.7 Å². The van der Waals surface area contributed by atoms with Gasteiger partial charge in [-0.3, -0.25) is 0 Å². The highest BCUT2D eigenvalue weighted by molar-refractivity contribution is 5.29. The van der Waals surface area contributed by atoms with Gasteiger partial charge in [-0.1, -0.05) is 42.5 Å². The maximum absolute atomic E-state index is 9.29. The Balaban J connectivity index is 2.08. The minimum atomic E-state index is 0.147. The van der Waals surface area contributed by atoms with Gasteiger partial charge in [0.15, 0.2) is 0 Å². The molecule has 0 saturated heterocycles. The third kappa shape index (κ3) is 4.31. The van der Waals surface area contributed by atoms with Crippen LogP contribution in [0.4, 0.5) is 0 Å². The lowest BCUT2D eigenvalue weighted by Crippen LogP contribution is -2.25. The summed E-state index contributed by atoms with van der Waals surface area (Å²) in [5, 5.41) is 12.9. The quantitative estimate of drug-likeness (QED) is 0.818. The fourth-order valence-electron chi connectivity index (χ4n) is 2.45. The fourth-order valence-corrected chi connectivity index (χ4v) is 2.45. The van der Waals surface area contributed by atoms with E-state index in [1.807, 2.05) is 30.3 Å². The Bertz CT molecular complexity index is 525. The van der Waals surface area contributed by atoms with Crippen molar-refractivity contribution in [2.24, 2.45) is 0 Å². The van der Waals surface area contributed by atoms with Crippen molar-refractivity contribution in [3.05, 3.63) is 65.7 Å². The lowest BCUT2D eigenvalue weighted by atomic mass is 10.0. The summed E-state index contributed by atoms with van der Waals surface area (Å²) in [4.78, 5) is 0. The maximum atomic E-state index is 9.29. The summed E-state index contributed by atoms with van der Waals surface area (Å²) in [6.45, 7) is 2.30. The van der Waals surface area contributed by atoms with Crippen molar-refractivity contribution in [3.8, 4) is 5.75 Å². The van der Waals surface area contributed by atoms with Crippen molar-refractivity contribution in [1.82, 2.24) is 5.32 Å². The van der Waals surface area contributed by atoms with Crippen LogP contribution in [0.25, 0.3) is 0 Å². The Morgan fingerprint density at radius 2 is 1.67 bits per heavy atom. The molecule has 0 saturated carbocycles. The minimum absolute atomic E-state index is 0.147. The molecule has 2 aromatic rings. The van der Waals surface area contributed by atoms with Gasteiger partial charge in [0.25, 0.3) is 0 Å². The van der Waals surface area contributed by atoms with Crippen LogP contribution in [-0.4, -0.2) is 18.8 Å². The van der Waals surface area contributed by atoms with E-state index in [4.69, 9.17) is 4.74 Å². The number of aliphatic hydroxyl groups is 1. The average molecular weight is 285 g/mol. The smallest absolute Gasteiger partial charge is 0.118 e. The van der Waals surface area contributed by atoms with E-state index in [1.54, 1.807) is 7.11 Å². The zero-order chi connectivity index (χ0) is 15.1. The van der Waals surface area contributed by atoms with Gasteiger partial charge in [-0.25, -0.2) is 0 Å². The Kier molecular flexibility index (Phi) is 5.78. The second-order valence-electron chi connectivity index (χ2n) is 5.14. The standard InChI is InChI=1S/C18H23NO2/c1-14(15-8-10-17(21-2)11-9-15)19-18(12-13-20)16-6-4-3-5-7-16/h3-11,14,18-20H,12-13H2,1-2H3/t14?,18-/m1/s1. The molecule has 0 aromatic heterocycles. The number of hydrogen-bond donors (Lipinski definition) is 2. The topological polar surface area (TPSA) is 41.5 Å². The van der Waals surface area contributed by atoms with Gasteiger partial charge in [0.05, 0.1) is 7.11 Å². The van der Waals surface area contributed by atoms with Crippen LogP contribution in [0.5, 0.6) is 5.75 Å². The second-order valence-corrected chi connectivity index (χ2v) is 5.14. The van der Waals surface area contributed by atoms with Crippen molar-refractivity contribution >= 4 is 0 Å². The normalized spacial score (nSPS) is 13.7. The molecular formula is C18H23NO2. The molecule has 0 spiro atoms. The van der Waals surface area contributed by atoms with E-state index in [0.717, 1.165) is 5.75 Å². The zero-order valence-corrected chi connectivity index (χ0v) is 12.6. The predicted molar refractivity (Wildman–Crippen MR) is 85.4 cm³/mol. The van der Waals surface area contributed by atoms with Gasteiger partial charge in [0.1, 0.15) is 5.75 Å². The summed E-state index contributed by atoms with van der Waals surface area (Å²) in [6.07, 6.45) is 0.699. The summed E-state index contributed by atoms with van der Waals surface area (Å²) in [5.74, 6) is 0.862. The minimum Gasteiger partial charge on any atom is -0.497 e.